The third kappa shape index (κ3) is 5.39. The number of nitrogens with one attached hydrogen (secondary N) is 3. The number of rotatable bonds is 8. The number of fused-ring (bicyclic) bond motifs is 1. The largest absolute Gasteiger partial charge is 0.356 e. The molecule has 1 aliphatic carbocycles. The van der Waals surface area contributed by atoms with Crippen molar-refractivity contribution in [3.63, 3.8) is 0 Å². The second-order valence-electron chi connectivity index (χ2n) is 9.09. The predicted octanol–water partition coefficient (Wildman–Crippen LogP) is 3.50. The molecule has 0 radical (unpaired) electrons. The molecule has 2 aromatic heterocycles. The van der Waals surface area contributed by atoms with Crippen LogP contribution >= 0.6 is 0 Å². The van der Waals surface area contributed by atoms with Crippen molar-refractivity contribution in [2.45, 2.75) is 39.0 Å². The van der Waals surface area contributed by atoms with Crippen LogP contribution in [0.25, 0.3) is 11.0 Å². The molecular formula is C26H32N6O2. The maximum atomic E-state index is 13.0. The first kappa shape index (κ1) is 22.4. The number of anilines is 1. The predicted molar refractivity (Wildman–Crippen MR) is 133 cm³/mol. The highest BCUT2D eigenvalue weighted by atomic mass is 16.5. The number of carbonyl (C=O) groups excluding carboxylic acids is 1. The van der Waals surface area contributed by atoms with Crippen LogP contribution in [-0.4, -0.2) is 41.1 Å². The summed E-state index contributed by atoms with van der Waals surface area (Å²) < 4.78 is 7.84. The monoisotopic (exact) mass is 460 g/mol. The molecule has 0 unspecified atom stereocenters. The fourth-order valence-corrected chi connectivity index (χ4v) is 4.76. The standard InChI is InChI=1S/C26H32N6O2/c33-25(21-8-6-19(7-9-21)16-30-26-28-13-14-29-26)31-23-10-12-27-24-22(23)11-15-32(24)18-34-17-20-4-2-1-3-5-20/h1-5,10-12,15,19,21H,6-9,13-14,16-18H2,(H,27,31,33)(H2,28,29,30). The van der Waals surface area contributed by atoms with Crippen LogP contribution < -0.4 is 16.0 Å². The Hall–Kier alpha value is -3.39. The second kappa shape index (κ2) is 10.7. The highest BCUT2D eigenvalue weighted by Crippen LogP contribution is 2.30. The second-order valence-corrected chi connectivity index (χ2v) is 9.09. The minimum atomic E-state index is 0.0534. The van der Waals surface area contributed by atoms with Gasteiger partial charge in [0.15, 0.2) is 5.96 Å². The van der Waals surface area contributed by atoms with E-state index in [1.807, 2.05) is 53.2 Å². The molecule has 5 rings (SSSR count). The number of nitrogens with zero attached hydrogens (tertiary/aromatic N) is 3. The van der Waals surface area contributed by atoms with Crippen molar-refractivity contribution in [1.29, 1.82) is 0 Å². The van der Waals surface area contributed by atoms with E-state index in [4.69, 9.17) is 4.74 Å². The molecule has 1 amide bonds. The van der Waals surface area contributed by atoms with E-state index in [-0.39, 0.29) is 11.8 Å². The van der Waals surface area contributed by atoms with Gasteiger partial charge in [0.05, 0.1) is 18.8 Å². The lowest BCUT2D eigenvalue weighted by Gasteiger charge is -2.28. The van der Waals surface area contributed by atoms with E-state index in [0.29, 0.717) is 19.3 Å². The van der Waals surface area contributed by atoms with Gasteiger partial charge in [-0.25, -0.2) is 4.98 Å². The number of guanidine groups is 1. The van der Waals surface area contributed by atoms with Crippen LogP contribution in [0.2, 0.25) is 0 Å². The zero-order valence-electron chi connectivity index (χ0n) is 19.4. The average molecular weight is 461 g/mol. The number of carbonyl (C=O) groups is 1. The van der Waals surface area contributed by atoms with Gasteiger partial charge in [-0.05, 0) is 49.3 Å². The molecule has 0 atom stereocenters. The van der Waals surface area contributed by atoms with Crippen molar-refractivity contribution in [1.82, 2.24) is 20.2 Å². The molecule has 1 saturated carbocycles. The van der Waals surface area contributed by atoms with Gasteiger partial charge in [-0.15, -0.1) is 0 Å². The van der Waals surface area contributed by atoms with E-state index in [2.05, 4.69) is 25.9 Å². The lowest BCUT2D eigenvalue weighted by Crippen LogP contribution is -2.38. The summed E-state index contributed by atoms with van der Waals surface area (Å²) in [5.74, 6) is 1.66. The highest BCUT2D eigenvalue weighted by Gasteiger charge is 2.27. The third-order valence-electron chi connectivity index (χ3n) is 6.71. The first-order valence-electron chi connectivity index (χ1n) is 12.1. The van der Waals surface area contributed by atoms with E-state index in [1.165, 1.54) is 0 Å². The molecule has 178 valence electrons. The van der Waals surface area contributed by atoms with Crippen LogP contribution in [0, 0.1) is 11.8 Å². The zero-order valence-corrected chi connectivity index (χ0v) is 19.4. The van der Waals surface area contributed by atoms with E-state index in [0.717, 1.165) is 73.6 Å². The molecule has 8 heteroatoms. The lowest BCUT2D eigenvalue weighted by molar-refractivity contribution is -0.121. The van der Waals surface area contributed by atoms with E-state index in [9.17, 15) is 4.79 Å². The van der Waals surface area contributed by atoms with Gasteiger partial charge < -0.3 is 25.3 Å². The van der Waals surface area contributed by atoms with Crippen molar-refractivity contribution < 1.29 is 9.53 Å². The number of ether oxygens (including phenoxy) is 1. The Balaban J connectivity index is 1.13. The lowest BCUT2D eigenvalue weighted by atomic mass is 9.81. The first-order chi connectivity index (χ1) is 16.8. The molecule has 34 heavy (non-hydrogen) atoms. The van der Waals surface area contributed by atoms with Crippen LogP contribution in [0.15, 0.2) is 59.9 Å². The Morgan fingerprint density at radius 3 is 2.76 bits per heavy atom. The van der Waals surface area contributed by atoms with Crippen LogP contribution in [0.4, 0.5) is 5.69 Å². The molecule has 3 N–H and O–H groups in total. The summed E-state index contributed by atoms with van der Waals surface area (Å²) in [4.78, 5) is 21.9. The number of benzene rings is 1. The minimum Gasteiger partial charge on any atom is -0.356 e. The summed E-state index contributed by atoms with van der Waals surface area (Å²) >= 11 is 0. The quantitative estimate of drug-likeness (QED) is 0.479. The molecule has 0 bridgehead atoms. The molecule has 3 heterocycles. The molecule has 0 spiro atoms. The number of hydrogen-bond donors (Lipinski definition) is 3. The first-order valence-corrected chi connectivity index (χ1v) is 12.1. The molecular weight excluding hydrogens is 428 g/mol. The van der Waals surface area contributed by atoms with Gasteiger partial charge in [0.25, 0.3) is 0 Å². The van der Waals surface area contributed by atoms with E-state index < -0.39 is 0 Å². The Morgan fingerprint density at radius 2 is 1.97 bits per heavy atom. The van der Waals surface area contributed by atoms with Crippen LogP contribution in [0.1, 0.15) is 31.2 Å². The summed E-state index contributed by atoms with van der Waals surface area (Å²) in [7, 11) is 0. The topological polar surface area (TPSA) is 92.6 Å². The highest BCUT2D eigenvalue weighted by molar-refractivity contribution is 6.01. The SMILES string of the molecule is O=C(Nc1ccnc2c1ccn2COCc1ccccc1)C1CCC(CNC2=NCCN2)CC1. The average Bonchev–Trinajstić information content (AvgIpc) is 3.55. The number of amides is 1. The summed E-state index contributed by atoms with van der Waals surface area (Å²) in [5.41, 5.74) is 2.75. The van der Waals surface area contributed by atoms with Crippen LogP contribution in [0.3, 0.4) is 0 Å². The van der Waals surface area contributed by atoms with E-state index in [1.54, 1.807) is 6.20 Å². The van der Waals surface area contributed by atoms with Crippen molar-refractivity contribution in [2.75, 3.05) is 25.0 Å². The Bertz CT molecular complexity index is 1130. The van der Waals surface area contributed by atoms with E-state index >= 15 is 0 Å². The Kier molecular flexibility index (Phi) is 7.05. The maximum absolute atomic E-state index is 13.0. The summed E-state index contributed by atoms with van der Waals surface area (Å²) in [5, 5.41) is 10.7. The molecule has 3 aromatic rings. The van der Waals surface area contributed by atoms with Gasteiger partial charge >= 0.3 is 0 Å². The van der Waals surface area contributed by atoms with Crippen LogP contribution in [0.5, 0.6) is 0 Å². The molecule has 1 aliphatic heterocycles. The van der Waals surface area contributed by atoms with Gasteiger partial charge in [-0.3, -0.25) is 9.79 Å². The zero-order chi connectivity index (χ0) is 23.2. The van der Waals surface area contributed by atoms with Gasteiger partial charge in [0, 0.05) is 36.8 Å². The smallest absolute Gasteiger partial charge is 0.227 e. The molecule has 2 aliphatic rings. The molecule has 0 saturated heterocycles. The maximum Gasteiger partial charge on any atom is 0.227 e. The number of hydrogen-bond acceptors (Lipinski definition) is 6. The fraction of sp³-hybridized carbons (Fsp3) is 0.423. The van der Waals surface area contributed by atoms with Gasteiger partial charge in [-0.1, -0.05) is 30.3 Å². The fourth-order valence-electron chi connectivity index (χ4n) is 4.76. The molecule has 1 fully saturated rings. The van der Waals surface area contributed by atoms with Crippen molar-refractivity contribution in [3.8, 4) is 0 Å². The normalized spacial score (nSPS) is 20.1. The summed E-state index contributed by atoms with van der Waals surface area (Å²) in [6.07, 6.45) is 7.65. The van der Waals surface area contributed by atoms with Crippen molar-refractivity contribution >= 4 is 28.6 Å². The van der Waals surface area contributed by atoms with Gasteiger partial charge in [0.2, 0.25) is 5.91 Å². The molecule has 1 aromatic carbocycles. The molecule has 8 nitrogen and oxygen atoms in total. The van der Waals surface area contributed by atoms with Crippen LogP contribution in [-0.2, 0) is 22.9 Å². The van der Waals surface area contributed by atoms with Crippen molar-refractivity contribution in [3.05, 3.63) is 60.4 Å². The summed E-state index contributed by atoms with van der Waals surface area (Å²) in [6.45, 7) is 3.64. The number of aliphatic imine (C=N–C) groups is 1. The van der Waals surface area contributed by atoms with Crippen molar-refractivity contribution in [2.24, 2.45) is 16.8 Å². The van der Waals surface area contributed by atoms with Gasteiger partial charge in [0.1, 0.15) is 12.4 Å². The summed E-state index contributed by atoms with van der Waals surface area (Å²) in [6, 6.07) is 14.0. The Morgan fingerprint density at radius 1 is 1.12 bits per heavy atom. The number of pyridine rings is 1. The number of aromatic nitrogens is 2. The minimum absolute atomic E-state index is 0.0534. The third-order valence-corrected chi connectivity index (χ3v) is 6.71. The van der Waals surface area contributed by atoms with Gasteiger partial charge in [-0.2, -0.15) is 0 Å². The Labute approximate surface area is 199 Å².